The Morgan fingerprint density at radius 3 is 0.947 bits per heavy atom. The van der Waals surface area contributed by atoms with Gasteiger partial charge in [0.2, 0.25) is 0 Å². The minimum Gasteiger partial charge on any atom is -0.456 e. The summed E-state index contributed by atoms with van der Waals surface area (Å²) >= 11 is 0. The fraction of sp³-hybridized carbons (Fsp3) is 0. The number of para-hydroxylation sites is 6. The Labute approximate surface area is 538 Å². The minimum atomic E-state index is 0.856. The van der Waals surface area contributed by atoms with Gasteiger partial charge in [-0.15, -0.1) is 0 Å². The van der Waals surface area contributed by atoms with Crippen molar-refractivity contribution >= 4 is 109 Å². The molecular formula is C87H53N5O2. The molecule has 7 heteroatoms. The summed E-state index contributed by atoms with van der Waals surface area (Å²) in [4.78, 5) is 4.91. The molecule has 94 heavy (non-hydrogen) atoms. The number of aromatic nitrogens is 5. The second-order valence-electron chi connectivity index (χ2n) is 24.7. The third-order valence-electron chi connectivity index (χ3n) is 19.5. The lowest BCUT2D eigenvalue weighted by Crippen LogP contribution is -2.04. The highest BCUT2D eigenvalue weighted by atomic mass is 16.3. The predicted molar refractivity (Wildman–Crippen MR) is 388 cm³/mol. The van der Waals surface area contributed by atoms with Gasteiger partial charge in [-0.05, 0) is 190 Å². The summed E-state index contributed by atoms with van der Waals surface area (Å²) in [5, 5.41) is 11.5. The zero-order chi connectivity index (χ0) is 61.5. The van der Waals surface area contributed by atoms with E-state index in [1.165, 1.54) is 43.6 Å². The van der Waals surface area contributed by atoms with Crippen molar-refractivity contribution in [2.24, 2.45) is 0 Å². The molecular weight excluding hydrogens is 1150 g/mol. The fourth-order valence-corrected chi connectivity index (χ4v) is 15.1. The summed E-state index contributed by atoms with van der Waals surface area (Å²) in [5.74, 6) is 0.878. The molecule has 0 saturated heterocycles. The van der Waals surface area contributed by atoms with E-state index in [4.69, 9.17) is 13.8 Å². The number of nitrogens with zero attached hydrogens (tertiary/aromatic N) is 5. The van der Waals surface area contributed by atoms with E-state index in [2.05, 4.69) is 328 Å². The van der Waals surface area contributed by atoms with Crippen molar-refractivity contribution in [3.63, 3.8) is 0 Å². The van der Waals surface area contributed by atoms with E-state index < -0.39 is 0 Å². The predicted octanol–water partition coefficient (Wildman–Crippen LogP) is 23.3. The van der Waals surface area contributed by atoms with Crippen LogP contribution in [0, 0.1) is 0 Å². The van der Waals surface area contributed by atoms with Crippen LogP contribution in [0.5, 0.6) is 0 Å². The maximum Gasteiger partial charge on any atom is 0.144 e. The molecule has 6 heterocycles. The molecule has 14 aromatic carbocycles. The molecule has 20 rings (SSSR count). The third-order valence-corrected chi connectivity index (χ3v) is 19.5. The lowest BCUT2D eigenvalue weighted by Gasteiger charge is -2.16. The van der Waals surface area contributed by atoms with Crippen LogP contribution in [0.2, 0.25) is 0 Å². The molecule has 0 fully saturated rings. The van der Waals surface area contributed by atoms with Crippen LogP contribution in [0.15, 0.2) is 331 Å². The minimum absolute atomic E-state index is 0.856. The first-order valence-corrected chi connectivity index (χ1v) is 32.0. The first-order valence-electron chi connectivity index (χ1n) is 32.0. The van der Waals surface area contributed by atoms with Crippen molar-refractivity contribution in [3.05, 3.63) is 322 Å². The number of rotatable bonds is 9. The van der Waals surface area contributed by atoms with Crippen molar-refractivity contribution in [1.82, 2.24) is 23.3 Å². The van der Waals surface area contributed by atoms with E-state index >= 15 is 0 Å². The highest BCUT2D eigenvalue weighted by molar-refractivity contribution is 6.16. The molecule has 0 aliphatic rings. The molecule has 0 aliphatic carbocycles. The van der Waals surface area contributed by atoms with Gasteiger partial charge in [-0.25, -0.2) is 4.98 Å². The largest absolute Gasteiger partial charge is 0.456 e. The van der Waals surface area contributed by atoms with Gasteiger partial charge in [0.15, 0.2) is 0 Å². The Hall–Kier alpha value is -12.7. The summed E-state index contributed by atoms with van der Waals surface area (Å²) in [5.41, 5.74) is 24.8. The molecule has 0 saturated carbocycles. The van der Waals surface area contributed by atoms with Crippen LogP contribution in [-0.4, -0.2) is 23.3 Å². The van der Waals surface area contributed by atoms with Gasteiger partial charge >= 0.3 is 0 Å². The SMILES string of the molecule is c1ccc(-c2nccn2-c2ccccc2-n2c3ccc(-c4ccc5oc6ccc(-c7ccc8c(c7)c7ccccc7n8-c7ccccc7)cc6c5c4)cc3c3cc(-c4ccc5oc6ccc(-c7ccc8c(c7)c7ccccc7n8-c7ccccc7)cc6c5c4)ccc32)cc1. The van der Waals surface area contributed by atoms with E-state index in [9.17, 15) is 0 Å². The average Bonchev–Trinajstić information content (AvgIpc) is 1.60. The van der Waals surface area contributed by atoms with Crippen LogP contribution in [0.4, 0.5) is 0 Å². The van der Waals surface area contributed by atoms with E-state index in [0.29, 0.717) is 0 Å². The van der Waals surface area contributed by atoms with Gasteiger partial charge in [-0.1, -0.05) is 164 Å². The lowest BCUT2D eigenvalue weighted by atomic mass is 9.97. The average molecular weight is 1200 g/mol. The smallest absolute Gasteiger partial charge is 0.144 e. The number of fused-ring (bicyclic) bond motifs is 15. The number of hydrogen-bond acceptors (Lipinski definition) is 3. The summed E-state index contributed by atoms with van der Waals surface area (Å²) in [6.07, 6.45) is 3.96. The van der Waals surface area contributed by atoms with Crippen LogP contribution < -0.4 is 0 Å². The monoisotopic (exact) mass is 1200 g/mol. The number of imidazole rings is 1. The van der Waals surface area contributed by atoms with Gasteiger partial charge in [0.1, 0.15) is 28.2 Å². The number of hydrogen-bond donors (Lipinski definition) is 0. The molecule has 7 nitrogen and oxygen atoms in total. The molecule has 0 amide bonds. The fourth-order valence-electron chi connectivity index (χ4n) is 15.1. The summed E-state index contributed by atoms with van der Waals surface area (Å²) in [6.45, 7) is 0. The number of benzene rings is 14. The van der Waals surface area contributed by atoms with Gasteiger partial charge in [-0.3, -0.25) is 4.57 Å². The van der Waals surface area contributed by atoms with Crippen LogP contribution in [0.25, 0.3) is 188 Å². The highest BCUT2D eigenvalue weighted by Gasteiger charge is 2.22. The molecule has 20 aromatic rings. The Bertz CT molecular complexity index is 6140. The molecule has 0 bridgehead atoms. The Morgan fingerprint density at radius 1 is 0.223 bits per heavy atom. The third kappa shape index (κ3) is 8.01. The topological polar surface area (TPSA) is 58.9 Å². The Morgan fingerprint density at radius 2 is 0.532 bits per heavy atom. The van der Waals surface area contributed by atoms with E-state index in [0.717, 1.165) is 144 Å². The molecule has 0 spiro atoms. The van der Waals surface area contributed by atoms with Crippen molar-refractivity contribution < 1.29 is 8.83 Å². The standard InChI is InChI=1S/C87H53N5O2/c1-4-16-54(17-5-1)87-88-44-45-89(87)81-26-14-15-27-82(81)92-79-38-30-57(61-34-42-85-73(52-61)71-50-59(32-40-83(71)93-85)55-28-36-77-67(46-55)65-22-10-12-24-75(65)90(77)63-18-6-2-7-19-63)48-69(79)70-49-58(31-39-80(70)92)62-35-43-86-74(53-62)72-51-60(33-41-84(72)94-86)56-29-37-78-68(47-56)66-23-11-13-25-76(66)91(78)64-20-8-3-9-21-64/h1-53H. The van der Waals surface area contributed by atoms with E-state index in [1.54, 1.807) is 0 Å². The van der Waals surface area contributed by atoms with Gasteiger partial charge in [0.05, 0.1) is 44.5 Å². The van der Waals surface area contributed by atoms with Gasteiger partial charge in [-0.2, -0.15) is 0 Å². The summed E-state index contributed by atoms with van der Waals surface area (Å²) in [6, 6.07) is 112. The van der Waals surface area contributed by atoms with Gasteiger partial charge < -0.3 is 22.5 Å². The molecule has 0 radical (unpaired) electrons. The second-order valence-corrected chi connectivity index (χ2v) is 24.7. The lowest BCUT2D eigenvalue weighted by molar-refractivity contribution is 0.668. The Balaban J connectivity index is 0.721. The van der Waals surface area contributed by atoms with Crippen LogP contribution in [0.1, 0.15) is 0 Å². The molecule has 0 N–H and O–H groups in total. The Kier molecular flexibility index (Phi) is 11.3. The quantitative estimate of drug-likeness (QED) is 0.145. The zero-order valence-electron chi connectivity index (χ0n) is 50.7. The molecule has 438 valence electrons. The van der Waals surface area contributed by atoms with Gasteiger partial charge in [0, 0.05) is 83.2 Å². The van der Waals surface area contributed by atoms with Crippen molar-refractivity contribution in [2.75, 3.05) is 0 Å². The van der Waals surface area contributed by atoms with Crippen molar-refractivity contribution in [2.45, 2.75) is 0 Å². The summed E-state index contributed by atoms with van der Waals surface area (Å²) < 4.78 is 22.6. The normalized spacial score (nSPS) is 12.0. The van der Waals surface area contributed by atoms with Crippen molar-refractivity contribution in [1.29, 1.82) is 0 Å². The van der Waals surface area contributed by atoms with Crippen LogP contribution >= 0.6 is 0 Å². The van der Waals surface area contributed by atoms with E-state index in [1.807, 2.05) is 12.3 Å². The molecule has 0 unspecified atom stereocenters. The second kappa shape index (κ2) is 20.4. The molecule has 6 aromatic heterocycles. The van der Waals surface area contributed by atoms with Crippen LogP contribution in [0.3, 0.4) is 0 Å². The maximum atomic E-state index is 6.62. The highest BCUT2D eigenvalue weighted by Crippen LogP contribution is 2.44. The van der Waals surface area contributed by atoms with Gasteiger partial charge in [0.25, 0.3) is 0 Å². The number of furan rings is 2. The van der Waals surface area contributed by atoms with Crippen LogP contribution in [-0.2, 0) is 0 Å². The first-order chi connectivity index (χ1) is 46.6. The van der Waals surface area contributed by atoms with E-state index in [-0.39, 0.29) is 0 Å². The molecule has 0 aliphatic heterocycles. The maximum absolute atomic E-state index is 6.62. The zero-order valence-corrected chi connectivity index (χ0v) is 50.7. The first kappa shape index (κ1) is 52.1. The van der Waals surface area contributed by atoms with Crippen molar-refractivity contribution in [3.8, 4) is 78.6 Å². The molecule has 0 atom stereocenters. The summed E-state index contributed by atoms with van der Waals surface area (Å²) in [7, 11) is 0.